The molecule has 1 aliphatic rings. The summed E-state index contributed by atoms with van der Waals surface area (Å²) in [6, 6.07) is 3.93. The van der Waals surface area contributed by atoms with Crippen LogP contribution in [-0.2, 0) is 6.42 Å². The van der Waals surface area contributed by atoms with E-state index in [0.29, 0.717) is 5.88 Å². The average molecular weight is 241 g/mol. The van der Waals surface area contributed by atoms with Crippen LogP contribution in [0.3, 0.4) is 0 Å². The number of pyridine rings is 1. The van der Waals surface area contributed by atoms with Crippen molar-refractivity contribution in [3.05, 3.63) is 54.3 Å². The van der Waals surface area contributed by atoms with Gasteiger partial charge in [0.1, 0.15) is 0 Å². The second-order valence-corrected chi connectivity index (χ2v) is 3.59. The van der Waals surface area contributed by atoms with Crippen LogP contribution in [0.15, 0.2) is 48.8 Å². The second-order valence-electron chi connectivity index (χ2n) is 3.59. The molecule has 1 aliphatic heterocycles. The maximum absolute atomic E-state index is 9.82. The summed E-state index contributed by atoms with van der Waals surface area (Å²) in [6.45, 7) is 4.48. The predicted octanol–water partition coefficient (Wildman–Crippen LogP) is 1.86. The minimum atomic E-state index is 0. The SMILES string of the molecule is C=CN1CCC(Cc2cccnc2)=C1O.[K]. The largest absolute Gasteiger partial charge is 0.494 e. The summed E-state index contributed by atoms with van der Waals surface area (Å²) < 4.78 is 0. The van der Waals surface area contributed by atoms with Crippen LogP contribution in [0.1, 0.15) is 12.0 Å². The van der Waals surface area contributed by atoms with Crippen molar-refractivity contribution in [2.45, 2.75) is 12.8 Å². The molecular weight excluding hydrogens is 227 g/mol. The number of aliphatic hydroxyl groups excluding tert-OH is 1. The van der Waals surface area contributed by atoms with Crippen molar-refractivity contribution in [1.82, 2.24) is 9.88 Å². The number of nitrogens with zero attached hydrogens (tertiary/aromatic N) is 2. The molecule has 79 valence electrons. The van der Waals surface area contributed by atoms with Gasteiger partial charge in [0, 0.05) is 76.7 Å². The quantitative estimate of drug-likeness (QED) is 0.821. The van der Waals surface area contributed by atoms with Crippen molar-refractivity contribution in [2.75, 3.05) is 6.54 Å². The summed E-state index contributed by atoms with van der Waals surface area (Å²) in [4.78, 5) is 5.82. The van der Waals surface area contributed by atoms with Crippen molar-refractivity contribution in [1.29, 1.82) is 0 Å². The van der Waals surface area contributed by atoms with Crippen LogP contribution >= 0.6 is 0 Å². The number of aromatic nitrogens is 1. The molecule has 2 rings (SSSR count). The first-order valence-electron chi connectivity index (χ1n) is 5.00. The topological polar surface area (TPSA) is 36.4 Å². The monoisotopic (exact) mass is 241 g/mol. The fraction of sp³-hybridized carbons (Fsp3) is 0.250. The molecule has 4 heteroatoms. The van der Waals surface area contributed by atoms with Crippen LogP contribution in [0.5, 0.6) is 0 Å². The van der Waals surface area contributed by atoms with Gasteiger partial charge in [-0.1, -0.05) is 12.6 Å². The summed E-state index contributed by atoms with van der Waals surface area (Å²) >= 11 is 0. The van der Waals surface area contributed by atoms with E-state index >= 15 is 0 Å². The Morgan fingerprint density at radius 2 is 2.38 bits per heavy atom. The molecule has 0 saturated carbocycles. The zero-order valence-corrected chi connectivity index (χ0v) is 12.7. The molecule has 1 radical (unpaired) electrons. The van der Waals surface area contributed by atoms with Crippen molar-refractivity contribution in [2.24, 2.45) is 0 Å². The van der Waals surface area contributed by atoms with Crippen LogP contribution in [0.2, 0.25) is 0 Å². The third-order valence-electron chi connectivity index (χ3n) is 2.60. The van der Waals surface area contributed by atoms with E-state index in [1.54, 1.807) is 17.3 Å². The first-order chi connectivity index (χ1) is 7.31. The van der Waals surface area contributed by atoms with Gasteiger partial charge in [-0.3, -0.25) is 4.98 Å². The summed E-state index contributed by atoms with van der Waals surface area (Å²) in [7, 11) is 0. The third kappa shape index (κ3) is 3.18. The molecule has 0 atom stereocenters. The van der Waals surface area contributed by atoms with Crippen molar-refractivity contribution >= 4 is 51.4 Å². The first-order valence-corrected chi connectivity index (χ1v) is 5.00. The third-order valence-corrected chi connectivity index (χ3v) is 2.60. The van der Waals surface area contributed by atoms with E-state index in [9.17, 15) is 5.11 Å². The Balaban J connectivity index is 0.00000128. The molecule has 0 bridgehead atoms. The number of aliphatic hydroxyl groups is 1. The van der Waals surface area contributed by atoms with E-state index in [1.165, 1.54) is 0 Å². The second kappa shape index (κ2) is 6.57. The Hall–Kier alpha value is -0.134. The van der Waals surface area contributed by atoms with E-state index < -0.39 is 0 Å². The van der Waals surface area contributed by atoms with Crippen molar-refractivity contribution in [3.8, 4) is 0 Å². The Morgan fingerprint density at radius 1 is 1.56 bits per heavy atom. The number of hydrogen-bond acceptors (Lipinski definition) is 3. The Bertz CT molecular complexity index is 389. The summed E-state index contributed by atoms with van der Waals surface area (Å²) in [5.74, 6) is 0.355. The number of hydrogen-bond donors (Lipinski definition) is 1. The van der Waals surface area contributed by atoms with E-state index in [0.717, 1.165) is 30.5 Å². The van der Waals surface area contributed by atoms with Gasteiger partial charge in [-0.15, -0.1) is 0 Å². The Labute approximate surface area is 138 Å². The van der Waals surface area contributed by atoms with Gasteiger partial charge in [0.15, 0.2) is 5.88 Å². The fourth-order valence-corrected chi connectivity index (χ4v) is 1.77. The zero-order chi connectivity index (χ0) is 10.7. The average Bonchev–Trinajstić information content (AvgIpc) is 2.62. The van der Waals surface area contributed by atoms with Crippen LogP contribution in [-0.4, -0.2) is 72.9 Å². The van der Waals surface area contributed by atoms with Crippen LogP contribution in [0.4, 0.5) is 0 Å². The molecule has 0 spiro atoms. The molecule has 1 N–H and O–H groups in total. The molecule has 0 aromatic carbocycles. The van der Waals surface area contributed by atoms with Gasteiger partial charge in [-0.25, -0.2) is 0 Å². The molecule has 16 heavy (non-hydrogen) atoms. The Kier molecular flexibility index (Phi) is 5.72. The van der Waals surface area contributed by atoms with Crippen LogP contribution in [0, 0.1) is 0 Å². The number of rotatable bonds is 3. The van der Waals surface area contributed by atoms with Gasteiger partial charge >= 0.3 is 0 Å². The maximum Gasteiger partial charge on any atom is 0.190 e. The molecule has 0 amide bonds. The normalized spacial score (nSPS) is 14.9. The zero-order valence-electron chi connectivity index (χ0n) is 9.56. The molecule has 3 nitrogen and oxygen atoms in total. The van der Waals surface area contributed by atoms with Crippen molar-refractivity contribution < 1.29 is 5.11 Å². The fourth-order valence-electron chi connectivity index (χ4n) is 1.77. The first kappa shape index (κ1) is 13.9. The van der Waals surface area contributed by atoms with Crippen LogP contribution in [0.25, 0.3) is 0 Å². The molecular formula is C12H14KN2O. The summed E-state index contributed by atoms with van der Waals surface area (Å²) in [5.41, 5.74) is 2.19. The minimum absolute atomic E-state index is 0. The molecule has 0 unspecified atom stereocenters. The van der Waals surface area contributed by atoms with Crippen molar-refractivity contribution in [3.63, 3.8) is 0 Å². The smallest absolute Gasteiger partial charge is 0.190 e. The Morgan fingerprint density at radius 3 is 2.94 bits per heavy atom. The molecule has 1 aromatic heterocycles. The van der Waals surface area contributed by atoms with Crippen LogP contribution < -0.4 is 0 Å². The summed E-state index contributed by atoms with van der Waals surface area (Å²) in [5, 5.41) is 9.82. The predicted molar refractivity (Wildman–Crippen MR) is 64.9 cm³/mol. The summed E-state index contributed by atoms with van der Waals surface area (Å²) in [6.07, 6.45) is 6.90. The van der Waals surface area contributed by atoms with E-state index in [1.807, 2.05) is 18.3 Å². The van der Waals surface area contributed by atoms with E-state index in [4.69, 9.17) is 0 Å². The molecule has 2 heterocycles. The molecule has 0 aliphatic carbocycles. The van der Waals surface area contributed by atoms with Gasteiger partial charge in [0.2, 0.25) is 0 Å². The molecule has 0 saturated heterocycles. The van der Waals surface area contributed by atoms with Gasteiger partial charge in [-0.05, 0) is 29.8 Å². The van der Waals surface area contributed by atoms with Gasteiger partial charge < -0.3 is 10.0 Å². The minimum Gasteiger partial charge on any atom is -0.494 e. The standard InChI is InChI=1S/C12H14N2O.K/c1-2-14-7-5-11(12(14)15)8-10-4-3-6-13-9-10;/h2-4,6,9,15H,1,5,7-8H2;. The molecule has 0 fully saturated rings. The van der Waals surface area contributed by atoms with Gasteiger partial charge in [0.05, 0.1) is 0 Å². The maximum atomic E-state index is 9.82. The van der Waals surface area contributed by atoms with Gasteiger partial charge in [-0.2, -0.15) is 0 Å². The van der Waals surface area contributed by atoms with Gasteiger partial charge in [0.25, 0.3) is 0 Å². The van der Waals surface area contributed by atoms with E-state index in [2.05, 4.69) is 11.6 Å². The van der Waals surface area contributed by atoms with E-state index in [-0.39, 0.29) is 51.4 Å². The molecule has 1 aromatic rings.